The Morgan fingerprint density at radius 1 is 1.03 bits per heavy atom. The molecule has 0 saturated carbocycles. The van der Waals surface area contributed by atoms with Crippen molar-refractivity contribution in [3.63, 3.8) is 0 Å². The van der Waals surface area contributed by atoms with Crippen LogP contribution in [0.3, 0.4) is 0 Å². The van der Waals surface area contributed by atoms with E-state index in [2.05, 4.69) is 4.99 Å². The lowest BCUT2D eigenvalue weighted by molar-refractivity contribution is -0.130. The van der Waals surface area contributed by atoms with E-state index in [9.17, 15) is 9.59 Å². The fraction of sp³-hybridized carbons (Fsp3) is 0.0690. The Balaban J connectivity index is 1.38. The molecule has 2 heterocycles. The molecule has 0 N–H and O–H groups in total. The highest BCUT2D eigenvalue weighted by atomic mass is 35.5. The van der Waals surface area contributed by atoms with Gasteiger partial charge in [-0.1, -0.05) is 66.2 Å². The average molecular weight is 530 g/mol. The molecule has 8 heteroatoms. The molecule has 0 spiro atoms. The summed E-state index contributed by atoms with van der Waals surface area (Å²) in [6.07, 6.45) is 4.61. The summed E-state index contributed by atoms with van der Waals surface area (Å²) >= 11 is 7.93. The number of fused-ring (bicyclic) bond motifs is 1. The number of nitrogens with zero attached hydrogens (tertiary/aromatic N) is 1. The highest BCUT2D eigenvalue weighted by Gasteiger charge is 2.28. The second-order valence-corrected chi connectivity index (χ2v) is 9.31. The number of benzene rings is 3. The van der Waals surface area contributed by atoms with Gasteiger partial charge < -0.3 is 14.2 Å². The van der Waals surface area contributed by atoms with E-state index in [-0.39, 0.29) is 17.3 Å². The molecule has 0 aliphatic carbocycles. The normalized spacial score (nSPS) is 14.3. The molecule has 0 radical (unpaired) electrons. The van der Waals surface area contributed by atoms with Crippen LogP contribution in [-0.4, -0.2) is 24.4 Å². The quantitative estimate of drug-likeness (QED) is 0.148. The van der Waals surface area contributed by atoms with Gasteiger partial charge in [0.1, 0.15) is 4.88 Å². The predicted octanol–water partition coefficient (Wildman–Crippen LogP) is 6.92. The van der Waals surface area contributed by atoms with Crippen LogP contribution in [0, 0.1) is 0 Å². The number of halogens is 1. The number of thiophene rings is 1. The summed E-state index contributed by atoms with van der Waals surface area (Å²) in [5, 5.41) is 1.38. The first-order chi connectivity index (χ1) is 18.0. The van der Waals surface area contributed by atoms with Crippen molar-refractivity contribution in [2.45, 2.75) is 6.92 Å². The lowest BCUT2D eigenvalue weighted by Gasteiger charge is -2.10. The summed E-state index contributed by atoms with van der Waals surface area (Å²) < 4.78 is 17.5. The van der Waals surface area contributed by atoms with Crippen LogP contribution in [0.4, 0.5) is 0 Å². The molecule has 1 aliphatic rings. The van der Waals surface area contributed by atoms with Gasteiger partial charge in [0.15, 0.2) is 17.2 Å². The summed E-state index contributed by atoms with van der Waals surface area (Å²) in [4.78, 5) is 29.9. The van der Waals surface area contributed by atoms with E-state index < -0.39 is 11.9 Å². The van der Waals surface area contributed by atoms with Crippen LogP contribution >= 0.6 is 22.9 Å². The maximum absolute atomic E-state index is 12.5. The number of hydrogen-bond acceptors (Lipinski definition) is 7. The van der Waals surface area contributed by atoms with Crippen LogP contribution < -0.4 is 9.47 Å². The van der Waals surface area contributed by atoms with Gasteiger partial charge in [-0.05, 0) is 48.4 Å². The van der Waals surface area contributed by atoms with E-state index >= 15 is 0 Å². The van der Waals surface area contributed by atoms with Crippen molar-refractivity contribution in [2.24, 2.45) is 4.99 Å². The SMILES string of the molecule is CCOc1cc(/C=C2/N=C(c3sc4ccccc4c3Cl)OC2=O)ccc1OC(=O)/C=C/c1ccccc1. The molecule has 5 rings (SSSR count). The Labute approximate surface area is 222 Å². The Hall–Kier alpha value is -4.20. The number of aliphatic imine (C=N–C) groups is 1. The zero-order chi connectivity index (χ0) is 25.8. The van der Waals surface area contributed by atoms with Gasteiger partial charge in [0.2, 0.25) is 5.90 Å². The van der Waals surface area contributed by atoms with Crippen molar-refractivity contribution in [1.82, 2.24) is 0 Å². The second kappa shape index (κ2) is 10.8. The molecule has 4 aromatic rings. The number of rotatable bonds is 7. The highest BCUT2D eigenvalue weighted by Crippen LogP contribution is 2.37. The van der Waals surface area contributed by atoms with Crippen molar-refractivity contribution in [3.05, 3.63) is 106 Å². The van der Waals surface area contributed by atoms with Crippen LogP contribution in [0.25, 0.3) is 22.2 Å². The second-order valence-electron chi connectivity index (χ2n) is 7.88. The van der Waals surface area contributed by atoms with Crippen LogP contribution in [0.15, 0.2) is 89.6 Å². The van der Waals surface area contributed by atoms with Gasteiger partial charge in [-0.15, -0.1) is 11.3 Å². The van der Waals surface area contributed by atoms with Crippen molar-refractivity contribution in [2.75, 3.05) is 6.61 Å². The zero-order valence-electron chi connectivity index (χ0n) is 19.6. The summed E-state index contributed by atoms with van der Waals surface area (Å²) in [5.41, 5.74) is 1.63. The molecule has 0 bridgehead atoms. The summed E-state index contributed by atoms with van der Waals surface area (Å²) in [7, 11) is 0. The van der Waals surface area contributed by atoms with E-state index in [1.54, 1.807) is 30.4 Å². The summed E-state index contributed by atoms with van der Waals surface area (Å²) in [5.74, 6) is -0.320. The predicted molar refractivity (Wildman–Crippen MR) is 146 cm³/mol. The number of carbonyl (C=O) groups is 2. The van der Waals surface area contributed by atoms with Crippen molar-refractivity contribution < 1.29 is 23.8 Å². The lowest BCUT2D eigenvalue weighted by Crippen LogP contribution is -2.06. The van der Waals surface area contributed by atoms with Gasteiger partial charge >= 0.3 is 11.9 Å². The van der Waals surface area contributed by atoms with Crippen LogP contribution in [-0.2, 0) is 14.3 Å². The Kier molecular flexibility index (Phi) is 7.16. The molecule has 0 saturated heterocycles. The fourth-order valence-corrected chi connectivity index (χ4v) is 5.09. The summed E-state index contributed by atoms with van der Waals surface area (Å²) in [6.45, 7) is 2.19. The number of esters is 2. The van der Waals surface area contributed by atoms with Gasteiger partial charge in [-0.25, -0.2) is 14.6 Å². The standard InChI is InChI=1S/C29H20ClNO5S/c1-2-34-23-17-19(12-14-22(23)35-25(32)15-13-18-8-4-3-5-9-18)16-21-29(33)36-28(31-21)27-26(30)20-10-6-7-11-24(20)37-27/h3-17H,2H2,1H3/b15-13+,21-16+. The molecule has 3 aromatic carbocycles. The molecule has 6 nitrogen and oxygen atoms in total. The first-order valence-electron chi connectivity index (χ1n) is 11.4. The minimum atomic E-state index is -0.581. The summed E-state index contributed by atoms with van der Waals surface area (Å²) in [6, 6.07) is 22.1. The van der Waals surface area contributed by atoms with E-state index in [0.29, 0.717) is 27.8 Å². The van der Waals surface area contributed by atoms with E-state index in [1.165, 1.54) is 17.4 Å². The van der Waals surface area contributed by atoms with Crippen molar-refractivity contribution >= 4 is 63.0 Å². The van der Waals surface area contributed by atoms with Crippen molar-refractivity contribution in [1.29, 1.82) is 0 Å². The molecule has 0 unspecified atom stereocenters. The largest absolute Gasteiger partial charge is 0.490 e. The molecule has 0 atom stereocenters. The third kappa shape index (κ3) is 5.48. The topological polar surface area (TPSA) is 74.2 Å². The Morgan fingerprint density at radius 2 is 1.81 bits per heavy atom. The monoisotopic (exact) mass is 529 g/mol. The zero-order valence-corrected chi connectivity index (χ0v) is 21.2. The van der Waals surface area contributed by atoms with E-state index in [1.807, 2.05) is 61.5 Å². The Bertz CT molecular complexity index is 1590. The number of ether oxygens (including phenoxy) is 3. The fourth-order valence-electron chi connectivity index (χ4n) is 3.65. The first-order valence-corrected chi connectivity index (χ1v) is 12.6. The molecule has 37 heavy (non-hydrogen) atoms. The molecule has 184 valence electrons. The van der Waals surface area contributed by atoms with Crippen LogP contribution in [0.5, 0.6) is 11.5 Å². The maximum Gasteiger partial charge on any atom is 0.363 e. The third-order valence-corrected chi connectivity index (χ3v) is 7.01. The van der Waals surface area contributed by atoms with Gasteiger partial charge in [0.25, 0.3) is 0 Å². The van der Waals surface area contributed by atoms with Crippen molar-refractivity contribution in [3.8, 4) is 11.5 Å². The molecule has 0 amide bonds. The maximum atomic E-state index is 12.5. The highest BCUT2D eigenvalue weighted by molar-refractivity contribution is 7.21. The van der Waals surface area contributed by atoms with Gasteiger partial charge in [-0.2, -0.15) is 0 Å². The van der Waals surface area contributed by atoms with E-state index in [4.69, 9.17) is 25.8 Å². The number of hydrogen-bond donors (Lipinski definition) is 0. The minimum Gasteiger partial charge on any atom is -0.490 e. The Morgan fingerprint density at radius 3 is 2.59 bits per heavy atom. The molecule has 1 aromatic heterocycles. The smallest absolute Gasteiger partial charge is 0.363 e. The number of carbonyl (C=O) groups excluding carboxylic acids is 2. The van der Waals surface area contributed by atoms with Crippen LogP contribution in [0.2, 0.25) is 5.02 Å². The van der Waals surface area contributed by atoms with E-state index in [0.717, 1.165) is 15.6 Å². The van der Waals surface area contributed by atoms with Gasteiger partial charge in [-0.3, -0.25) is 0 Å². The first kappa shape index (κ1) is 24.5. The third-order valence-electron chi connectivity index (χ3n) is 5.34. The van der Waals surface area contributed by atoms with Gasteiger partial charge in [0.05, 0.1) is 11.6 Å². The van der Waals surface area contributed by atoms with Gasteiger partial charge in [0, 0.05) is 16.2 Å². The lowest BCUT2D eigenvalue weighted by atomic mass is 10.1. The molecule has 0 fully saturated rings. The molecular weight excluding hydrogens is 510 g/mol. The average Bonchev–Trinajstić information content (AvgIpc) is 3.44. The van der Waals surface area contributed by atoms with Crippen LogP contribution in [0.1, 0.15) is 22.9 Å². The number of cyclic esters (lactones) is 1. The minimum absolute atomic E-state index is 0.126. The molecular formula is C29H20ClNO5S. The molecule has 1 aliphatic heterocycles.